The summed E-state index contributed by atoms with van der Waals surface area (Å²) in [6.07, 6.45) is 8.37. The van der Waals surface area contributed by atoms with Crippen molar-refractivity contribution in [3.8, 4) is 0 Å². The van der Waals surface area contributed by atoms with Crippen molar-refractivity contribution in [1.29, 1.82) is 0 Å². The molecular formula is C10H14O. The second-order valence-electron chi connectivity index (χ2n) is 4.36. The van der Waals surface area contributed by atoms with E-state index in [1.54, 1.807) is 0 Å². The number of hydrogen-bond donors (Lipinski definition) is 1. The second kappa shape index (κ2) is 1.89. The van der Waals surface area contributed by atoms with E-state index in [2.05, 4.69) is 6.08 Å². The molecule has 3 rings (SSSR count). The van der Waals surface area contributed by atoms with E-state index in [9.17, 15) is 5.11 Å². The zero-order valence-electron chi connectivity index (χ0n) is 6.61. The molecule has 60 valence electrons. The maximum atomic E-state index is 9.63. The molecular weight excluding hydrogens is 136 g/mol. The third-order valence-corrected chi connectivity index (χ3v) is 3.97. The van der Waals surface area contributed by atoms with Crippen molar-refractivity contribution in [3.63, 3.8) is 0 Å². The molecule has 2 saturated carbocycles. The van der Waals surface area contributed by atoms with Crippen LogP contribution in [0.25, 0.3) is 0 Å². The zero-order chi connectivity index (χ0) is 7.42. The Morgan fingerprint density at radius 2 is 1.91 bits per heavy atom. The number of aliphatic hydroxyl groups is 1. The smallest absolute Gasteiger partial charge is 0.0757 e. The van der Waals surface area contributed by atoms with Crippen LogP contribution in [0.4, 0.5) is 0 Å². The Balaban J connectivity index is 1.96. The fraction of sp³-hybridized carbons (Fsp3) is 0.800. The average Bonchev–Trinajstić information content (AvgIpc) is 2.60. The van der Waals surface area contributed by atoms with E-state index in [0.29, 0.717) is 5.92 Å². The highest BCUT2D eigenvalue weighted by molar-refractivity contribution is 5.16. The molecule has 0 aliphatic heterocycles. The number of fused-ring (bicyclic) bond motifs is 5. The lowest BCUT2D eigenvalue weighted by Gasteiger charge is -2.26. The van der Waals surface area contributed by atoms with Gasteiger partial charge >= 0.3 is 0 Å². The summed E-state index contributed by atoms with van der Waals surface area (Å²) in [5.74, 6) is 3.16. The summed E-state index contributed by atoms with van der Waals surface area (Å²) < 4.78 is 0. The van der Waals surface area contributed by atoms with Crippen molar-refractivity contribution >= 4 is 0 Å². The molecule has 0 aromatic rings. The van der Waals surface area contributed by atoms with Crippen LogP contribution in [0.5, 0.6) is 0 Å². The van der Waals surface area contributed by atoms with Crippen LogP contribution in [0.1, 0.15) is 19.3 Å². The summed E-state index contributed by atoms with van der Waals surface area (Å²) >= 11 is 0. The lowest BCUT2D eigenvalue weighted by Crippen LogP contribution is -2.25. The predicted molar refractivity (Wildman–Crippen MR) is 43.0 cm³/mol. The van der Waals surface area contributed by atoms with Gasteiger partial charge in [0.25, 0.3) is 0 Å². The normalized spacial score (nSPS) is 58.8. The third kappa shape index (κ3) is 0.652. The fourth-order valence-electron chi connectivity index (χ4n) is 3.54. The molecule has 0 heterocycles. The minimum atomic E-state index is -0.102. The first kappa shape index (κ1) is 6.24. The molecule has 0 amide bonds. The van der Waals surface area contributed by atoms with Crippen LogP contribution in [0.3, 0.4) is 0 Å². The van der Waals surface area contributed by atoms with Gasteiger partial charge in [-0.2, -0.15) is 0 Å². The Labute approximate surface area is 67.1 Å². The molecule has 0 unspecified atom stereocenters. The van der Waals surface area contributed by atoms with Gasteiger partial charge < -0.3 is 5.11 Å². The van der Waals surface area contributed by atoms with Crippen LogP contribution >= 0.6 is 0 Å². The van der Waals surface area contributed by atoms with Gasteiger partial charge in [-0.1, -0.05) is 12.2 Å². The van der Waals surface area contributed by atoms with E-state index in [-0.39, 0.29) is 6.10 Å². The Kier molecular flexibility index (Phi) is 1.07. The highest BCUT2D eigenvalue weighted by Crippen LogP contribution is 2.56. The summed E-state index contributed by atoms with van der Waals surface area (Å²) in [5.41, 5.74) is 0. The molecule has 3 aliphatic carbocycles. The molecule has 1 N–H and O–H groups in total. The molecule has 2 fully saturated rings. The van der Waals surface area contributed by atoms with Crippen LogP contribution in [0.2, 0.25) is 0 Å². The monoisotopic (exact) mass is 150 g/mol. The number of aliphatic hydroxyl groups excluding tert-OH is 1. The Bertz CT molecular complexity index is 209. The van der Waals surface area contributed by atoms with Gasteiger partial charge in [-0.05, 0) is 42.9 Å². The minimum Gasteiger partial charge on any atom is -0.389 e. The topological polar surface area (TPSA) is 20.2 Å². The minimum absolute atomic E-state index is 0.102. The summed E-state index contributed by atoms with van der Waals surface area (Å²) in [6.45, 7) is 0. The molecule has 1 heteroatoms. The van der Waals surface area contributed by atoms with Gasteiger partial charge in [0.15, 0.2) is 0 Å². The van der Waals surface area contributed by atoms with Crippen LogP contribution in [-0.2, 0) is 0 Å². The van der Waals surface area contributed by atoms with Gasteiger partial charge in [0.05, 0.1) is 6.10 Å². The lowest BCUT2D eigenvalue weighted by atomic mass is 9.80. The first-order chi connectivity index (χ1) is 5.36. The van der Waals surface area contributed by atoms with Gasteiger partial charge in [0, 0.05) is 0 Å². The first-order valence-corrected chi connectivity index (χ1v) is 4.72. The number of rotatable bonds is 0. The Morgan fingerprint density at radius 3 is 2.73 bits per heavy atom. The van der Waals surface area contributed by atoms with Crippen LogP contribution in [0.15, 0.2) is 12.2 Å². The summed E-state index contributed by atoms with van der Waals surface area (Å²) in [4.78, 5) is 0. The molecule has 0 spiro atoms. The molecule has 11 heavy (non-hydrogen) atoms. The average molecular weight is 150 g/mol. The number of hydrogen-bond acceptors (Lipinski definition) is 1. The Morgan fingerprint density at radius 1 is 1.09 bits per heavy atom. The van der Waals surface area contributed by atoms with Crippen molar-refractivity contribution < 1.29 is 5.11 Å². The van der Waals surface area contributed by atoms with Gasteiger partial charge in [-0.25, -0.2) is 0 Å². The summed E-state index contributed by atoms with van der Waals surface area (Å²) in [7, 11) is 0. The Hall–Kier alpha value is -0.300. The van der Waals surface area contributed by atoms with Crippen molar-refractivity contribution in [2.75, 3.05) is 0 Å². The molecule has 0 radical (unpaired) electrons. The molecule has 0 saturated heterocycles. The standard InChI is InChI=1S/C10H14O/c11-9-4-3-8-6-1-2-7(5-6)10(8)9/h3-4,6-11H,1-2,5H2/t6-,7+,8+,9-,10-/m1/s1. The first-order valence-electron chi connectivity index (χ1n) is 4.72. The quantitative estimate of drug-likeness (QED) is 0.520. The summed E-state index contributed by atoms with van der Waals surface area (Å²) in [5, 5.41) is 9.63. The SMILES string of the molecule is O[C@@H]1C=C[C@H]2[C@@H]3CC[C@@H](C3)[C@H]21. The number of allylic oxidation sites excluding steroid dienone is 1. The molecule has 2 bridgehead atoms. The van der Waals surface area contributed by atoms with Crippen molar-refractivity contribution in [1.82, 2.24) is 0 Å². The van der Waals surface area contributed by atoms with Crippen molar-refractivity contribution in [2.24, 2.45) is 23.7 Å². The van der Waals surface area contributed by atoms with E-state index in [1.165, 1.54) is 19.3 Å². The molecule has 0 aromatic carbocycles. The van der Waals surface area contributed by atoms with Crippen LogP contribution in [-0.4, -0.2) is 11.2 Å². The highest BCUT2D eigenvalue weighted by Gasteiger charge is 2.50. The van der Waals surface area contributed by atoms with E-state index < -0.39 is 0 Å². The van der Waals surface area contributed by atoms with Gasteiger partial charge in [-0.15, -0.1) is 0 Å². The second-order valence-corrected chi connectivity index (χ2v) is 4.36. The van der Waals surface area contributed by atoms with Gasteiger partial charge in [0.2, 0.25) is 0 Å². The van der Waals surface area contributed by atoms with E-state index in [1.807, 2.05) is 6.08 Å². The van der Waals surface area contributed by atoms with E-state index >= 15 is 0 Å². The fourth-order valence-corrected chi connectivity index (χ4v) is 3.54. The predicted octanol–water partition coefficient (Wildman–Crippen LogP) is 1.58. The van der Waals surface area contributed by atoms with Gasteiger partial charge in [-0.3, -0.25) is 0 Å². The third-order valence-electron chi connectivity index (χ3n) is 3.97. The maximum Gasteiger partial charge on any atom is 0.0757 e. The highest BCUT2D eigenvalue weighted by atomic mass is 16.3. The van der Waals surface area contributed by atoms with Crippen molar-refractivity contribution in [2.45, 2.75) is 25.4 Å². The van der Waals surface area contributed by atoms with Crippen LogP contribution < -0.4 is 0 Å². The zero-order valence-corrected chi connectivity index (χ0v) is 6.61. The van der Waals surface area contributed by atoms with Crippen LogP contribution in [0, 0.1) is 23.7 Å². The molecule has 5 atom stereocenters. The van der Waals surface area contributed by atoms with E-state index in [4.69, 9.17) is 0 Å². The summed E-state index contributed by atoms with van der Waals surface area (Å²) in [6, 6.07) is 0. The molecule has 0 aromatic heterocycles. The van der Waals surface area contributed by atoms with Gasteiger partial charge in [0.1, 0.15) is 0 Å². The lowest BCUT2D eigenvalue weighted by molar-refractivity contribution is 0.105. The molecule has 1 nitrogen and oxygen atoms in total. The maximum absolute atomic E-state index is 9.63. The largest absolute Gasteiger partial charge is 0.389 e. The van der Waals surface area contributed by atoms with E-state index in [0.717, 1.165) is 17.8 Å². The van der Waals surface area contributed by atoms with Crippen molar-refractivity contribution in [3.05, 3.63) is 12.2 Å². The molecule has 3 aliphatic rings.